The van der Waals surface area contributed by atoms with Crippen molar-refractivity contribution in [2.75, 3.05) is 40.6 Å². The summed E-state index contributed by atoms with van der Waals surface area (Å²) in [5.41, 5.74) is 6.02. The molecule has 4 aliphatic rings. The van der Waals surface area contributed by atoms with Gasteiger partial charge in [-0.3, -0.25) is 9.59 Å². The molecule has 2 aromatic carbocycles. The third-order valence-electron chi connectivity index (χ3n) is 13.6. The van der Waals surface area contributed by atoms with Gasteiger partial charge in [-0.05, 0) is 97.9 Å². The third kappa shape index (κ3) is 10.2. The van der Waals surface area contributed by atoms with Crippen molar-refractivity contribution in [3.63, 3.8) is 0 Å². The quantitative estimate of drug-likeness (QED) is 0.0859. The maximum Gasteiger partial charge on any atom is 0.407 e. The molecule has 68 heavy (non-hydrogen) atoms. The Balaban J connectivity index is 0.935. The van der Waals surface area contributed by atoms with E-state index in [0.717, 1.165) is 40.1 Å². The highest BCUT2D eigenvalue weighted by atomic mass is 16.5. The standard InChI is InChI=1S/C53H57N7O8/c1-6-40(7-2)59(50(61)47(57-52(63)65-4)37-23-27-67-28-24-37)44(8-3)49-54-32-43(56-49)36-17-13-34(14-18-36)10-9-33-11-15-35(16-12-33)41-20-21-42(55-41)46-31-39-19-22-45(39)60(46)51(62)48(58-53(64)66-5)38-25-29-68-30-26-38/h1,3,11-22,32,37-40,44-48,55H,7,23-31H2,2,4-5H3,(H,54,56)(H,57,63)(H,58,64). The number of benzene rings is 2. The van der Waals surface area contributed by atoms with Crippen LogP contribution in [0.4, 0.5) is 9.59 Å². The number of rotatable bonds is 13. The first-order chi connectivity index (χ1) is 33.1. The number of ether oxygens (including phenoxy) is 4. The Morgan fingerprint density at radius 2 is 1.35 bits per heavy atom. The van der Waals surface area contributed by atoms with E-state index in [2.05, 4.69) is 61.4 Å². The van der Waals surface area contributed by atoms with Gasteiger partial charge in [0, 0.05) is 54.9 Å². The number of imidazole rings is 1. The Bertz CT molecular complexity index is 2620. The highest BCUT2D eigenvalue weighted by Crippen LogP contribution is 2.46. The largest absolute Gasteiger partial charge is 0.453 e. The van der Waals surface area contributed by atoms with Crippen molar-refractivity contribution in [3.8, 4) is 59.0 Å². The molecule has 0 saturated carbocycles. The molecule has 15 nitrogen and oxygen atoms in total. The maximum atomic E-state index is 14.4. The molecule has 0 radical (unpaired) electrons. The average Bonchev–Trinajstić information content (AvgIpc) is 4.13. The number of likely N-dealkylation sites (tertiary alicyclic amines) is 1. The van der Waals surface area contributed by atoms with Gasteiger partial charge in [0.2, 0.25) is 11.8 Å². The summed E-state index contributed by atoms with van der Waals surface area (Å²) in [6, 6.07) is 16.3. The van der Waals surface area contributed by atoms with Gasteiger partial charge >= 0.3 is 12.2 Å². The monoisotopic (exact) mass is 919 g/mol. The number of fused-ring (bicyclic) bond motifs is 1. The highest BCUT2D eigenvalue weighted by Gasteiger charge is 2.49. The Hall–Kier alpha value is -7.25. The summed E-state index contributed by atoms with van der Waals surface area (Å²) in [6.45, 7) is 3.90. The van der Waals surface area contributed by atoms with Crippen molar-refractivity contribution >= 4 is 24.0 Å². The summed E-state index contributed by atoms with van der Waals surface area (Å²) in [6.07, 6.45) is 20.4. The summed E-state index contributed by atoms with van der Waals surface area (Å²) in [4.78, 5) is 68.5. The van der Waals surface area contributed by atoms with Gasteiger partial charge in [0.25, 0.3) is 0 Å². The zero-order chi connectivity index (χ0) is 47.7. The molecule has 3 aliphatic heterocycles. The van der Waals surface area contributed by atoms with Crippen LogP contribution in [0.2, 0.25) is 0 Å². The second-order valence-corrected chi connectivity index (χ2v) is 17.5. The van der Waals surface area contributed by atoms with E-state index in [1.54, 1.807) is 6.20 Å². The first kappa shape index (κ1) is 47.3. The Morgan fingerprint density at radius 3 is 1.88 bits per heavy atom. The molecular formula is C53H57N7O8. The lowest BCUT2D eigenvalue weighted by Crippen LogP contribution is -2.56. The molecule has 15 heteroatoms. The Labute approximate surface area is 397 Å². The molecule has 352 valence electrons. The van der Waals surface area contributed by atoms with E-state index < -0.39 is 42.3 Å². The van der Waals surface area contributed by atoms with E-state index in [9.17, 15) is 19.2 Å². The molecule has 2 aromatic heterocycles. The van der Waals surface area contributed by atoms with Gasteiger partial charge in [-0.15, -0.1) is 12.8 Å². The SMILES string of the molecule is C#CC(CC)N(C(=O)C(NC(=O)OC)C1CCOCC1)C(C#C)c1ncc(-c2ccc(C#Cc3ccc(-c4ccc(C5CC6C=CC6N5C(=O)C(NC(=O)OC)C5CCOCC5)[nH]4)cc3)cc2)[nH]1. The van der Waals surface area contributed by atoms with Crippen LogP contribution in [0, 0.1) is 54.3 Å². The zero-order valence-corrected chi connectivity index (χ0v) is 38.5. The number of nitrogens with one attached hydrogen (secondary N) is 4. The van der Waals surface area contributed by atoms with E-state index in [4.69, 9.17) is 31.8 Å². The summed E-state index contributed by atoms with van der Waals surface area (Å²) < 4.78 is 20.9. The first-order valence-electron chi connectivity index (χ1n) is 23.2. The van der Waals surface area contributed by atoms with E-state index >= 15 is 0 Å². The van der Waals surface area contributed by atoms with Crippen LogP contribution in [0.15, 0.2) is 79.0 Å². The lowest BCUT2D eigenvalue weighted by molar-refractivity contribution is -0.139. The fraction of sp³-hybridized carbons (Fsp3) is 0.415. The maximum absolute atomic E-state index is 14.4. The normalized spacial score (nSPS) is 20.7. The van der Waals surface area contributed by atoms with Crippen LogP contribution in [0.25, 0.3) is 22.5 Å². The zero-order valence-electron chi connectivity index (χ0n) is 38.5. The van der Waals surface area contributed by atoms with Crippen LogP contribution in [-0.4, -0.2) is 114 Å². The molecular weight excluding hydrogens is 863 g/mol. The van der Waals surface area contributed by atoms with Crippen LogP contribution in [-0.2, 0) is 28.5 Å². The molecule has 4 N–H and O–H groups in total. The van der Waals surface area contributed by atoms with Crippen molar-refractivity contribution in [1.29, 1.82) is 0 Å². The highest BCUT2D eigenvalue weighted by molar-refractivity contribution is 5.88. The molecule has 7 atom stereocenters. The Kier molecular flexibility index (Phi) is 15.0. The Morgan fingerprint density at radius 1 is 0.779 bits per heavy atom. The second-order valence-electron chi connectivity index (χ2n) is 17.5. The van der Waals surface area contributed by atoms with Gasteiger partial charge in [-0.25, -0.2) is 14.6 Å². The number of nitrogens with zero attached hydrogens (tertiary/aromatic N) is 3. The molecule has 8 rings (SSSR count). The number of carbonyl (C=O) groups is 4. The number of alkyl carbamates (subject to hydrolysis) is 2. The summed E-state index contributed by atoms with van der Waals surface area (Å²) >= 11 is 0. The predicted octanol–water partition coefficient (Wildman–Crippen LogP) is 6.52. The predicted molar refractivity (Wildman–Crippen MR) is 254 cm³/mol. The number of amides is 4. The minimum atomic E-state index is -0.950. The number of terminal acetylenes is 2. The lowest BCUT2D eigenvalue weighted by atomic mass is 9.88. The minimum Gasteiger partial charge on any atom is -0.453 e. The number of hydrogen-bond donors (Lipinski definition) is 4. The van der Waals surface area contributed by atoms with Gasteiger partial charge in [0.05, 0.1) is 44.2 Å². The summed E-state index contributed by atoms with van der Waals surface area (Å²) in [5.74, 6) is 11.8. The van der Waals surface area contributed by atoms with Crippen LogP contribution >= 0.6 is 0 Å². The van der Waals surface area contributed by atoms with Gasteiger partial charge in [-0.1, -0.05) is 67.0 Å². The van der Waals surface area contributed by atoms with Crippen molar-refractivity contribution < 1.29 is 38.1 Å². The number of aromatic amines is 2. The average molecular weight is 920 g/mol. The number of H-pyrrole nitrogens is 2. The van der Waals surface area contributed by atoms with Gasteiger partial charge in [-0.2, -0.15) is 0 Å². The van der Waals surface area contributed by atoms with Crippen molar-refractivity contribution in [2.45, 2.75) is 81.7 Å². The summed E-state index contributed by atoms with van der Waals surface area (Å²) in [5, 5.41) is 5.59. The van der Waals surface area contributed by atoms with Gasteiger partial charge in [0.1, 0.15) is 17.9 Å². The first-order valence-corrected chi connectivity index (χ1v) is 23.2. The van der Waals surface area contributed by atoms with E-state index in [1.807, 2.05) is 72.5 Å². The van der Waals surface area contributed by atoms with Crippen LogP contribution in [0.1, 0.15) is 80.2 Å². The van der Waals surface area contributed by atoms with Crippen LogP contribution < -0.4 is 10.6 Å². The lowest BCUT2D eigenvalue weighted by Gasteiger charge is -2.38. The van der Waals surface area contributed by atoms with Crippen molar-refractivity contribution in [1.82, 2.24) is 35.4 Å². The molecule has 4 amide bonds. The molecule has 0 bridgehead atoms. The molecule has 3 saturated heterocycles. The van der Waals surface area contributed by atoms with E-state index in [0.29, 0.717) is 70.0 Å². The molecule has 0 spiro atoms. The third-order valence-corrected chi connectivity index (χ3v) is 13.6. The number of aromatic nitrogens is 3. The second kappa shape index (κ2) is 21.6. The molecule has 7 unspecified atom stereocenters. The minimum absolute atomic E-state index is 0.0238. The number of hydrogen-bond acceptors (Lipinski definition) is 9. The fourth-order valence-electron chi connectivity index (χ4n) is 9.75. The van der Waals surface area contributed by atoms with E-state index in [1.165, 1.54) is 19.1 Å². The molecule has 5 heterocycles. The fourth-order valence-corrected chi connectivity index (χ4v) is 9.75. The van der Waals surface area contributed by atoms with Crippen molar-refractivity contribution in [3.05, 3.63) is 102 Å². The van der Waals surface area contributed by atoms with E-state index in [-0.39, 0.29) is 35.7 Å². The van der Waals surface area contributed by atoms with Crippen LogP contribution in [0.3, 0.4) is 0 Å². The number of carbonyl (C=O) groups excluding carboxylic acids is 4. The molecule has 1 aliphatic carbocycles. The van der Waals surface area contributed by atoms with Gasteiger partial charge < -0.3 is 49.3 Å². The molecule has 3 fully saturated rings. The smallest absolute Gasteiger partial charge is 0.407 e. The summed E-state index contributed by atoms with van der Waals surface area (Å²) in [7, 11) is 2.56. The topological polar surface area (TPSA) is 180 Å². The van der Waals surface area contributed by atoms with Crippen molar-refractivity contribution in [2.24, 2.45) is 17.8 Å². The molecule has 4 aromatic rings. The van der Waals surface area contributed by atoms with Gasteiger partial charge in [0.15, 0.2) is 6.04 Å². The van der Waals surface area contributed by atoms with Crippen LogP contribution in [0.5, 0.6) is 0 Å². The number of methoxy groups -OCH3 is 2.